The smallest absolute Gasteiger partial charge is 0.223 e. The summed E-state index contributed by atoms with van der Waals surface area (Å²) in [6, 6.07) is 0.159. The van der Waals surface area contributed by atoms with E-state index in [-0.39, 0.29) is 30.4 Å². The first-order valence-corrected chi connectivity index (χ1v) is 6.59. The monoisotopic (exact) mass is 243 g/mol. The van der Waals surface area contributed by atoms with Crippen LogP contribution in [0.5, 0.6) is 0 Å². The lowest BCUT2D eigenvalue weighted by atomic mass is 9.84. The van der Waals surface area contributed by atoms with Crippen molar-refractivity contribution in [3.8, 4) is 0 Å². The number of ether oxygens (including phenoxy) is 1. The Morgan fingerprint density at radius 1 is 1.47 bits per heavy atom. The molecule has 0 aromatic carbocycles. The molecule has 1 fully saturated rings. The summed E-state index contributed by atoms with van der Waals surface area (Å²) >= 11 is 0. The van der Waals surface area contributed by atoms with Gasteiger partial charge in [0.25, 0.3) is 0 Å². The largest absolute Gasteiger partial charge is 0.396 e. The van der Waals surface area contributed by atoms with E-state index in [0.29, 0.717) is 6.61 Å². The molecule has 0 aliphatic heterocycles. The fraction of sp³-hybridized carbons (Fsp3) is 0.923. The van der Waals surface area contributed by atoms with E-state index in [1.54, 1.807) is 7.11 Å². The number of rotatable bonds is 6. The molecule has 1 rings (SSSR count). The van der Waals surface area contributed by atoms with Crippen LogP contribution in [0.15, 0.2) is 0 Å². The molecule has 17 heavy (non-hydrogen) atoms. The predicted molar refractivity (Wildman–Crippen MR) is 66.6 cm³/mol. The maximum Gasteiger partial charge on any atom is 0.223 e. The SMILES string of the molecule is COCCC(C)C(=O)NC1CCCCC1CO. The van der Waals surface area contributed by atoms with Gasteiger partial charge in [-0.2, -0.15) is 0 Å². The van der Waals surface area contributed by atoms with Crippen molar-refractivity contribution in [3.63, 3.8) is 0 Å². The molecule has 0 aromatic heterocycles. The van der Waals surface area contributed by atoms with Crippen LogP contribution in [0.2, 0.25) is 0 Å². The van der Waals surface area contributed by atoms with Gasteiger partial charge in [0.2, 0.25) is 5.91 Å². The summed E-state index contributed by atoms with van der Waals surface area (Å²) in [6.07, 6.45) is 5.07. The lowest BCUT2D eigenvalue weighted by molar-refractivity contribution is -0.126. The van der Waals surface area contributed by atoms with Crippen LogP contribution < -0.4 is 5.32 Å². The Hall–Kier alpha value is -0.610. The van der Waals surface area contributed by atoms with E-state index < -0.39 is 0 Å². The highest BCUT2D eigenvalue weighted by Gasteiger charge is 2.27. The number of aliphatic hydroxyl groups is 1. The van der Waals surface area contributed by atoms with Crippen LogP contribution in [0.25, 0.3) is 0 Å². The van der Waals surface area contributed by atoms with Crippen molar-refractivity contribution in [2.24, 2.45) is 11.8 Å². The second-order valence-corrected chi connectivity index (χ2v) is 5.02. The number of hydrogen-bond donors (Lipinski definition) is 2. The molecular formula is C13H25NO3. The third-order valence-electron chi connectivity index (χ3n) is 3.67. The summed E-state index contributed by atoms with van der Waals surface area (Å²) < 4.78 is 4.97. The van der Waals surface area contributed by atoms with Gasteiger partial charge in [0.05, 0.1) is 0 Å². The van der Waals surface area contributed by atoms with Crippen LogP contribution in [-0.2, 0) is 9.53 Å². The Bertz CT molecular complexity index is 233. The first-order chi connectivity index (χ1) is 8.19. The highest BCUT2D eigenvalue weighted by molar-refractivity contribution is 5.78. The second kappa shape index (κ2) is 7.67. The van der Waals surface area contributed by atoms with Gasteiger partial charge in [0, 0.05) is 38.2 Å². The Labute approximate surface area is 104 Å². The Morgan fingerprint density at radius 2 is 2.18 bits per heavy atom. The van der Waals surface area contributed by atoms with Gasteiger partial charge in [-0.3, -0.25) is 4.79 Å². The van der Waals surface area contributed by atoms with Crippen molar-refractivity contribution >= 4 is 5.91 Å². The van der Waals surface area contributed by atoms with Crippen molar-refractivity contribution < 1.29 is 14.6 Å². The quantitative estimate of drug-likeness (QED) is 0.740. The summed E-state index contributed by atoms with van der Waals surface area (Å²) in [5.74, 6) is 0.311. The lowest BCUT2D eigenvalue weighted by Crippen LogP contribution is -2.45. The van der Waals surface area contributed by atoms with Crippen LogP contribution in [-0.4, -0.2) is 37.4 Å². The van der Waals surface area contributed by atoms with Crippen LogP contribution in [0.3, 0.4) is 0 Å². The van der Waals surface area contributed by atoms with Gasteiger partial charge in [0.15, 0.2) is 0 Å². The second-order valence-electron chi connectivity index (χ2n) is 5.02. The first-order valence-electron chi connectivity index (χ1n) is 6.59. The van der Waals surface area contributed by atoms with E-state index >= 15 is 0 Å². The summed E-state index contributed by atoms with van der Waals surface area (Å²) in [5.41, 5.74) is 0. The third-order valence-corrected chi connectivity index (χ3v) is 3.67. The molecular weight excluding hydrogens is 218 g/mol. The summed E-state index contributed by atoms with van der Waals surface area (Å²) in [5, 5.41) is 12.4. The minimum absolute atomic E-state index is 0.0174. The Balaban J connectivity index is 2.37. The van der Waals surface area contributed by atoms with E-state index in [1.165, 1.54) is 0 Å². The van der Waals surface area contributed by atoms with Gasteiger partial charge in [-0.15, -0.1) is 0 Å². The topological polar surface area (TPSA) is 58.6 Å². The molecule has 0 spiro atoms. The Morgan fingerprint density at radius 3 is 2.82 bits per heavy atom. The molecule has 4 nitrogen and oxygen atoms in total. The number of aliphatic hydroxyl groups excluding tert-OH is 1. The molecule has 1 aliphatic carbocycles. The fourth-order valence-corrected chi connectivity index (χ4v) is 2.37. The van der Waals surface area contributed by atoms with Crippen LogP contribution in [0.1, 0.15) is 39.0 Å². The average Bonchev–Trinajstić information content (AvgIpc) is 2.36. The number of amides is 1. The molecule has 0 radical (unpaired) electrons. The molecule has 100 valence electrons. The first kappa shape index (κ1) is 14.5. The van der Waals surface area contributed by atoms with Gasteiger partial charge in [-0.1, -0.05) is 19.8 Å². The zero-order valence-corrected chi connectivity index (χ0v) is 10.9. The zero-order valence-electron chi connectivity index (χ0n) is 10.9. The van der Waals surface area contributed by atoms with Crippen molar-refractivity contribution in [1.29, 1.82) is 0 Å². The van der Waals surface area contributed by atoms with Gasteiger partial charge >= 0.3 is 0 Å². The summed E-state index contributed by atoms with van der Waals surface area (Å²) in [4.78, 5) is 11.9. The average molecular weight is 243 g/mol. The molecule has 1 amide bonds. The van der Waals surface area contributed by atoms with Crippen LogP contribution in [0, 0.1) is 11.8 Å². The van der Waals surface area contributed by atoms with Gasteiger partial charge in [0.1, 0.15) is 0 Å². The van der Waals surface area contributed by atoms with Crippen molar-refractivity contribution in [2.75, 3.05) is 20.3 Å². The highest BCUT2D eigenvalue weighted by Crippen LogP contribution is 2.24. The van der Waals surface area contributed by atoms with Crippen molar-refractivity contribution in [1.82, 2.24) is 5.32 Å². The van der Waals surface area contributed by atoms with Crippen molar-refractivity contribution in [2.45, 2.75) is 45.1 Å². The lowest BCUT2D eigenvalue weighted by Gasteiger charge is -2.31. The van der Waals surface area contributed by atoms with E-state index in [9.17, 15) is 9.90 Å². The van der Waals surface area contributed by atoms with E-state index in [2.05, 4.69) is 5.32 Å². The highest BCUT2D eigenvalue weighted by atomic mass is 16.5. The van der Waals surface area contributed by atoms with Gasteiger partial charge < -0.3 is 15.2 Å². The molecule has 1 saturated carbocycles. The van der Waals surface area contributed by atoms with E-state index in [1.807, 2.05) is 6.92 Å². The summed E-state index contributed by atoms with van der Waals surface area (Å²) in [6.45, 7) is 2.71. The molecule has 0 saturated heterocycles. The number of hydrogen-bond acceptors (Lipinski definition) is 3. The van der Waals surface area contributed by atoms with E-state index in [0.717, 1.165) is 32.1 Å². The Kier molecular flexibility index (Phi) is 6.52. The van der Waals surface area contributed by atoms with E-state index in [4.69, 9.17) is 4.74 Å². The number of nitrogens with one attached hydrogen (secondary N) is 1. The standard InChI is InChI=1S/C13H25NO3/c1-10(7-8-17-2)13(16)14-12-6-4-3-5-11(12)9-15/h10-12,15H,3-9H2,1-2H3,(H,14,16). The molecule has 1 aliphatic rings. The number of methoxy groups -OCH3 is 1. The van der Waals surface area contributed by atoms with Crippen LogP contribution in [0.4, 0.5) is 0 Å². The molecule has 0 bridgehead atoms. The molecule has 3 unspecified atom stereocenters. The molecule has 0 aromatic rings. The zero-order chi connectivity index (χ0) is 12.7. The predicted octanol–water partition coefficient (Wildman–Crippen LogP) is 1.33. The number of carbonyl (C=O) groups excluding carboxylic acids is 1. The van der Waals surface area contributed by atoms with Gasteiger partial charge in [-0.05, 0) is 19.3 Å². The summed E-state index contributed by atoms with van der Waals surface area (Å²) in [7, 11) is 1.65. The maximum absolute atomic E-state index is 11.9. The normalized spacial score (nSPS) is 26.5. The number of carbonyl (C=O) groups is 1. The molecule has 2 N–H and O–H groups in total. The molecule has 3 atom stereocenters. The third kappa shape index (κ3) is 4.64. The van der Waals surface area contributed by atoms with Crippen molar-refractivity contribution in [3.05, 3.63) is 0 Å². The maximum atomic E-state index is 11.9. The molecule has 0 heterocycles. The molecule has 4 heteroatoms. The van der Waals surface area contributed by atoms with Crippen LogP contribution >= 0.6 is 0 Å². The minimum Gasteiger partial charge on any atom is -0.396 e. The fourth-order valence-electron chi connectivity index (χ4n) is 2.37. The minimum atomic E-state index is -0.0174. The van der Waals surface area contributed by atoms with Gasteiger partial charge in [-0.25, -0.2) is 0 Å².